The molecule has 0 bridgehead atoms. The molecule has 2 rings (SSSR count). The minimum Gasteiger partial charge on any atom is -0.330 e. The number of hydrogen-bond acceptors (Lipinski definition) is 3. The molecule has 1 aromatic carbocycles. The molecule has 3 nitrogen and oxygen atoms in total. The number of nitrogens with zero attached hydrogens (tertiary/aromatic N) is 2. The Morgan fingerprint density at radius 1 is 1.21 bits per heavy atom. The monoisotopic (exact) mass is 261 g/mol. The molecule has 0 amide bonds. The van der Waals surface area contributed by atoms with E-state index in [0.717, 1.165) is 19.5 Å². The Morgan fingerprint density at radius 2 is 1.89 bits per heavy atom. The summed E-state index contributed by atoms with van der Waals surface area (Å²) in [6.45, 7) is 5.61. The van der Waals surface area contributed by atoms with Crippen LogP contribution in [0.2, 0.25) is 0 Å². The second-order valence-electron chi connectivity index (χ2n) is 5.53. The Hall–Kier alpha value is -0.900. The van der Waals surface area contributed by atoms with E-state index in [9.17, 15) is 0 Å². The second-order valence-corrected chi connectivity index (χ2v) is 5.53. The van der Waals surface area contributed by atoms with Crippen molar-refractivity contribution in [3.05, 3.63) is 35.9 Å². The van der Waals surface area contributed by atoms with Crippen molar-refractivity contribution < 1.29 is 0 Å². The van der Waals surface area contributed by atoms with E-state index in [1.807, 2.05) is 0 Å². The smallest absolute Gasteiger partial charge is 0.0357 e. The maximum absolute atomic E-state index is 5.79. The zero-order valence-electron chi connectivity index (χ0n) is 12.1. The number of hydrogen-bond donors (Lipinski definition) is 1. The van der Waals surface area contributed by atoms with Gasteiger partial charge in [-0.05, 0) is 51.5 Å². The van der Waals surface area contributed by atoms with Crippen molar-refractivity contribution >= 4 is 0 Å². The molecule has 1 aromatic rings. The highest BCUT2D eigenvalue weighted by atomic mass is 15.2. The number of benzene rings is 1. The van der Waals surface area contributed by atoms with Gasteiger partial charge in [-0.15, -0.1) is 0 Å². The van der Waals surface area contributed by atoms with Crippen molar-refractivity contribution in [2.45, 2.75) is 25.3 Å². The normalized spacial score (nSPS) is 18.1. The molecule has 3 heteroatoms. The molecule has 1 atom stereocenters. The van der Waals surface area contributed by atoms with Gasteiger partial charge in [0.25, 0.3) is 0 Å². The molecule has 0 saturated carbocycles. The summed E-state index contributed by atoms with van der Waals surface area (Å²) in [6.07, 6.45) is 3.77. The van der Waals surface area contributed by atoms with Crippen LogP contribution in [-0.4, -0.2) is 49.6 Å². The standard InChI is InChI=1S/C16H27N3/c1-18(13-14-19-11-5-6-12-19)16(9-10-17)15-7-3-2-4-8-15/h2-4,7-8,16H,5-6,9-14,17H2,1H3. The minimum absolute atomic E-state index is 0.453. The zero-order chi connectivity index (χ0) is 13.5. The summed E-state index contributed by atoms with van der Waals surface area (Å²) < 4.78 is 0. The molecule has 1 heterocycles. The predicted octanol–water partition coefficient (Wildman–Crippen LogP) is 2.10. The largest absolute Gasteiger partial charge is 0.330 e. The van der Waals surface area contributed by atoms with Crippen LogP contribution in [0.5, 0.6) is 0 Å². The van der Waals surface area contributed by atoms with Gasteiger partial charge in [0.05, 0.1) is 0 Å². The van der Waals surface area contributed by atoms with Crippen LogP contribution in [0.15, 0.2) is 30.3 Å². The molecule has 19 heavy (non-hydrogen) atoms. The third-order valence-electron chi connectivity index (χ3n) is 4.12. The highest BCUT2D eigenvalue weighted by Gasteiger charge is 2.18. The molecular formula is C16H27N3. The van der Waals surface area contributed by atoms with Crippen LogP contribution in [0, 0.1) is 0 Å². The van der Waals surface area contributed by atoms with Crippen LogP contribution in [0.1, 0.15) is 30.9 Å². The molecule has 0 spiro atoms. The molecule has 1 fully saturated rings. The van der Waals surface area contributed by atoms with Crippen LogP contribution in [0.3, 0.4) is 0 Å². The Kier molecular flexibility index (Phi) is 5.83. The second kappa shape index (κ2) is 7.63. The molecule has 1 aliphatic rings. The third-order valence-corrected chi connectivity index (χ3v) is 4.12. The highest BCUT2D eigenvalue weighted by molar-refractivity contribution is 5.19. The lowest BCUT2D eigenvalue weighted by molar-refractivity contribution is 0.200. The van der Waals surface area contributed by atoms with Crippen LogP contribution in [-0.2, 0) is 0 Å². The summed E-state index contributed by atoms with van der Waals surface area (Å²) >= 11 is 0. The van der Waals surface area contributed by atoms with Gasteiger partial charge in [0.15, 0.2) is 0 Å². The van der Waals surface area contributed by atoms with Gasteiger partial charge >= 0.3 is 0 Å². The van der Waals surface area contributed by atoms with Crippen molar-refractivity contribution in [1.29, 1.82) is 0 Å². The van der Waals surface area contributed by atoms with E-state index >= 15 is 0 Å². The molecular weight excluding hydrogens is 234 g/mol. The maximum Gasteiger partial charge on any atom is 0.0357 e. The fourth-order valence-electron chi connectivity index (χ4n) is 2.94. The number of likely N-dealkylation sites (N-methyl/N-ethyl adjacent to an activating group) is 1. The zero-order valence-corrected chi connectivity index (χ0v) is 12.1. The number of rotatable bonds is 7. The Labute approximate surface area is 117 Å². The van der Waals surface area contributed by atoms with E-state index in [0.29, 0.717) is 6.04 Å². The quantitative estimate of drug-likeness (QED) is 0.816. The van der Waals surface area contributed by atoms with Gasteiger partial charge in [-0.3, -0.25) is 4.90 Å². The summed E-state index contributed by atoms with van der Waals surface area (Å²) in [7, 11) is 2.23. The molecule has 0 radical (unpaired) electrons. The van der Waals surface area contributed by atoms with E-state index in [4.69, 9.17) is 5.73 Å². The SMILES string of the molecule is CN(CCN1CCCC1)C(CCN)c1ccccc1. The Balaban J connectivity index is 1.90. The first kappa shape index (κ1) is 14.5. The Bertz CT molecular complexity index is 346. The summed E-state index contributed by atoms with van der Waals surface area (Å²) in [6, 6.07) is 11.2. The van der Waals surface area contributed by atoms with Gasteiger partial charge in [-0.1, -0.05) is 30.3 Å². The van der Waals surface area contributed by atoms with Gasteiger partial charge in [0, 0.05) is 19.1 Å². The van der Waals surface area contributed by atoms with Gasteiger partial charge in [0.2, 0.25) is 0 Å². The first-order valence-corrected chi connectivity index (χ1v) is 7.49. The summed E-state index contributed by atoms with van der Waals surface area (Å²) in [5, 5.41) is 0. The number of likely N-dealkylation sites (tertiary alicyclic amines) is 1. The van der Waals surface area contributed by atoms with Crippen LogP contribution in [0.4, 0.5) is 0 Å². The van der Waals surface area contributed by atoms with E-state index in [-0.39, 0.29) is 0 Å². The van der Waals surface area contributed by atoms with Crippen LogP contribution < -0.4 is 5.73 Å². The summed E-state index contributed by atoms with van der Waals surface area (Å²) in [5.41, 5.74) is 7.17. The first-order valence-electron chi connectivity index (χ1n) is 7.49. The fourth-order valence-corrected chi connectivity index (χ4v) is 2.94. The van der Waals surface area contributed by atoms with Gasteiger partial charge < -0.3 is 10.6 Å². The van der Waals surface area contributed by atoms with Crippen molar-refractivity contribution in [3.8, 4) is 0 Å². The average Bonchev–Trinajstić information content (AvgIpc) is 2.96. The predicted molar refractivity (Wildman–Crippen MR) is 81.2 cm³/mol. The molecule has 1 unspecified atom stereocenters. The topological polar surface area (TPSA) is 32.5 Å². The third kappa shape index (κ3) is 4.30. The summed E-state index contributed by atoms with van der Waals surface area (Å²) in [5.74, 6) is 0. The van der Waals surface area contributed by atoms with Gasteiger partial charge in [0.1, 0.15) is 0 Å². The molecule has 0 aliphatic carbocycles. The fraction of sp³-hybridized carbons (Fsp3) is 0.625. The molecule has 1 saturated heterocycles. The molecule has 1 aliphatic heterocycles. The van der Waals surface area contributed by atoms with E-state index in [2.05, 4.69) is 47.2 Å². The highest BCUT2D eigenvalue weighted by Crippen LogP contribution is 2.22. The van der Waals surface area contributed by atoms with Crippen molar-refractivity contribution in [2.24, 2.45) is 5.73 Å². The maximum atomic E-state index is 5.79. The lowest BCUT2D eigenvalue weighted by Crippen LogP contribution is -2.34. The van der Waals surface area contributed by atoms with Crippen molar-refractivity contribution in [2.75, 3.05) is 39.8 Å². The average molecular weight is 261 g/mol. The Morgan fingerprint density at radius 3 is 2.53 bits per heavy atom. The van der Waals surface area contributed by atoms with Crippen LogP contribution >= 0.6 is 0 Å². The van der Waals surface area contributed by atoms with Crippen LogP contribution in [0.25, 0.3) is 0 Å². The summed E-state index contributed by atoms with van der Waals surface area (Å²) in [4.78, 5) is 5.03. The van der Waals surface area contributed by atoms with E-state index in [1.165, 1.54) is 38.0 Å². The van der Waals surface area contributed by atoms with E-state index < -0.39 is 0 Å². The molecule has 2 N–H and O–H groups in total. The van der Waals surface area contributed by atoms with E-state index in [1.54, 1.807) is 0 Å². The van der Waals surface area contributed by atoms with Crippen molar-refractivity contribution in [1.82, 2.24) is 9.80 Å². The van der Waals surface area contributed by atoms with Gasteiger partial charge in [-0.25, -0.2) is 0 Å². The lowest BCUT2D eigenvalue weighted by atomic mass is 10.0. The first-order chi connectivity index (χ1) is 9.31. The molecule has 0 aromatic heterocycles. The van der Waals surface area contributed by atoms with Gasteiger partial charge in [-0.2, -0.15) is 0 Å². The molecule has 106 valence electrons. The van der Waals surface area contributed by atoms with Crippen molar-refractivity contribution in [3.63, 3.8) is 0 Å². The minimum atomic E-state index is 0.453. The number of nitrogens with two attached hydrogens (primary N) is 1. The lowest BCUT2D eigenvalue weighted by Gasteiger charge is -2.30.